The molecule has 1 heterocycles. The predicted molar refractivity (Wildman–Crippen MR) is 91.8 cm³/mol. The van der Waals surface area contributed by atoms with E-state index in [1.165, 1.54) is 11.3 Å². The number of para-hydroxylation sites is 2. The van der Waals surface area contributed by atoms with Gasteiger partial charge in [0.2, 0.25) is 0 Å². The molecule has 0 spiro atoms. The Kier molecular flexibility index (Phi) is 5.75. The molecule has 112 valence electrons. The smallest absolute Gasteiger partial charge is 0.266 e. The minimum absolute atomic E-state index is 0.0423. The molecule has 1 N–H and O–H groups in total. The van der Waals surface area contributed by atoms with Gasteiger partial charge in [-0.2, -0.15) is 5.26 Å². The molecule has 0 radical (unpaired) electrons. The number of carbonyl (C=O) groups excluding carboxylic acids is 1. The van der Waals surface area contributed by atoms with E-state index in [-0.39, 0.29) is 5.57 Å². The van der Waals surface area contributed by atoms with Gasteiger partial charge in [-0.25, -0.2) is 0 Å². The molecule has 0 unspecified atom stereocenters. The van der Waals surface area contributed by atoms with Gasteiger partial charge in [-0.1, -0.05) is 12.1 Å². The lowest BCUT2D eigenvalue weighted by Crippen LogP contribution is -2.14. The number of ether oxygens (including phenoxy) is 1. The fourth-order valence-corrected chi connectivity index (χ4v) is 3.10. The van der Waals surface area contributed by atoms with Crippen LogP contribution in [-0.4, -0.2) is 12.5 Å². The number of amides is 1. The van der Waals surface area contributed by atoms with Gasteiger partial charge in [0.15, 0.2) is 0 Å². The SMILES string of the molecule is CCOc1ccccc1NC(=O)/C(C#N)=C/c1ccc(Br)s1. The van der Waals surface area contributed by atoms with E-state index in [9.17, 15) is 10.1 Å². The zero-order valence-electron chi connectivity index (χ0n) is 11.8. The Labute approximate surface area is 141 Å². The summed E-state index contributed by atoms with van der Waals surface area (Å²) in [4.78, 5) is 13.1. The van der Waals surface area contributed by atoms with E-state index in [2.05, 4.69) is 21.2 Å². The molecule has 0 aliphatic heterocycles. The zero-order valence-corrected chi connectivity index (χ0v) is 14.2. The summed E-state index contributed by atoms with van der Waals surface area (Å²) in [5, 5.41) is 11.9. The number of halogens is 1. The lowest BCUT2D eigenvalue weighted by Gasteiger charge is -2.10. The fraction of sp³-hybridized carbons (Fsp3) is 0.125. The third kappa shape index (κ3) is 4.20. The van der Waals surface area contributed by atoms with Crippen molar-refractivity contribution >= 4 is 44.9 Å². The van der Waals surface area contributed by atoms with Crippen LogP contribution in [0.1, 0.15) is 11.8 Å². The maximum absolute atomic E-state index is 12.2. The van der Waals surface area contributed by atoms with Gasteiger partial charge in [-0.05, 0) is 53.2 Å². The summed E-state index contributed by atoms with van der Waals surface area (Å²) < 4.78 is 6.39. The molecule has 0 fully saturated rings. The molecule has 0 saturated carbocycles. The Hall–Kier alpha value is -2.10. The third-order valence-electron chi connectivity index (χ3n) is 2.68. The highest BCUT2D eigenvalue weighted by Gasteiger charge is 2.12. The Balaban J connectivity index is 2.20. The van der Waals surface area contributed by atoms with Crippen molar-refractivity contribution in [1.29, 1.82) is 5.26 Å². The zero-order chi connectivity index (χ0) is 15.9. The molecule has 0 aliphatic rings. The summed E-state index contributed by atoms with van der Waals surface area (Å²) >= 11 is 4.80. The molecule has 1 aromatic carbocycles. The number of hydrogen-bond donors (Lipinski definition) is 1. The second-order valence-corrected chi connectivity index (χ2v) is 6.69. The van der Waals surface area contributed by atoms with Crippen LogP contribution in [0.5, 0.6) is 5.75 Å². The summed E-state index contributed by atoms with van der Waals surface area (Å²) in [5.74, 6) is 0.119. The van der Waals surface area contributed by atoms with E-state index in [1.807, 2.05) is 31.2 Å². The van der Waals surface area contributed by atoms with Crippen LogP contribution in [0.3, 0.4) is 0 Å². The Bertz CT molecular complexity index is 747. The minimum Gasteiger partial charge on any atom is -0.492 e. The van der Waals surface area contributed by atoms with Gasteiger partial charge < -0.3 is 10.1 Å². The molecule has 0 saturated heterocycles. The first-order chi connectivity index (χ1) is 10.6. The molecular weight excluding hydrogens is 364 g/mol. The summed E-state index contributed by atoms with van der Waals surface area (Å²) in [6.45, 7) is 2.37. The number of thiophene rings is 1. The molecule has 2 aromatic rings. The van der Waals surface area contributed by atoms with E-state index in [0.717, 1.165) is 8.66 Å². The van der Waals surface area contributed by atoms with Crippen molar-refractivity contribution in [3.8, 4) is 11.8 Å². The van der Waals surface area contributed by atoms with Crippen LogP contribution in [-0.2, 0) is 4.79 Å². The van der Waals surface area contributed by atoms with E-state index in [0.29, 0.717) is 18.0 Å². The van der Waals surface area contributed by atoms with Crippen LogP contribution in [0.25, 0.3) is 6.08 Å². The van der Waals surface area contributed by atoms with Crippen LogP contribution < -0.4 is 10.1 Å². The summed E-state index contributed by atoms with van der Waals surface area (Å²) in [5.41, 5.74) is 0.587. The number of benzene rings is 1. The van der Waals surface area contributed by atoms with E-state index in [1.54, 1.807) is 24.3 Å². The van der Waals surface area contributed by atoms with Gasteiger partial charge >= 0.3 is 0 Å². The largest absolute Gasteiger partial charge is 0.492 e. The molecule has 22 heavy (non-hydrogen) atoms. The van der Waals surface area contributed by atoms with Gasteiger partial charge in [-0.3, -0.25) is 4.79 Å². The Morgan fingerprint density at radius 3 is 2.82 bits per heavy atom. The van der Waals surface area contributed by atoms with Crippen molar-refractivity contribution in [3.63, 3.8) is 0 Å². The van der Waals surface area contributed by atoms with Crippen LogP contribution in [0, 0.1) is 11.3 Å². The summed E-state index contributed by atoms with van der Waals surface area (Å²) in [6.07, 6.45) is 1.56. The van der Waals surface area contributed by atoms with E-state index in [4.69, 9.17) is 4.74 Å². The topological polar surface area (TPSA) is 62.1 Å². The monoisotopic (exact) mass is 376 g/mol. The maximum Gasteiger partial charge on any atom is 0.266 e. The number of hydrogen-bond acceptors (Lipinski definition) is 4. The number of nitrogens with zero attached hydrogens (tertiary/aromatic N) is 1. The lowest BCUT2D eigenvalue weighted by atomic mass is 10.2. The molecule has 0 atom stereocenters. The average molecular weight is 377 g/mol. The van der Waals surface area contributed by atoms with Gasteiger partial charge in [0, 0.05) is 4.88 Å². The standard InChI is InChI=1S/C16H13BrN2O2S/c1-2-21-14-6-4-3-5-13(14)19-16(20)11(10-18)9-12-7-8-15(17)22-12/h3-9H,2H2,1H3,(H,19,20)/b11-9+. The maximum atomic E-state index is 12.2. The van der Waals surface area contributed by atoms with Crippen molar-refractivity contribution in [2.45, 2.75) is 6.92 Å². The number of carbonyl (C=O) groups is 1. The molecular formula is C16H13BrN2O2S. The second-order valence-electron chi connectivity index (χ2n) is 4.19. The number of anilines is 1. The van der Waals surface area contributed by atoms with Crippen LogP contribution in [0.2, 0.25) is 0 Å². The van der Waals surface area contributed by atoms with E-state index < -0.39 is 5.91 Å². The van der Waals surface area contributed by atoms with Gasteiger partial charge in [0.1, 0.15) is 17.4 Å². The second kappa shape index (κ2) is 7.78. The van der Waals surface area contributed by atoms with Crippen LogP contribution >= 0.6 is 27.3 Å². The lowest BCUT2D eigenvalue weighted by molar-refractivity contribution is -0.112. The van der Waals surface area contributed by atoms with Crippen molar-refractivity contribution in [1.82, 2.24) is 0 Å². The van der Waals surface area contributed by atoms with Crippen molar-refractivity contribution in [2.24, 2.45) is 0 Å². The highest BCUT2D eigenvalue weighted by Crippen LogP contribution is 2.26. The van der Waals surface area contributed by atoms with Gasteiger partial charge in [0.05, 0.1) is 16.1 Å². The number of nitrogens with one attached hydrogen (secondary N) is 1. The Morgan fingerprint density at radius 1 is 1.41 bits per heavy atom. The normalized spacial score (nSPS) is 10.9. The third-order valence-corrected chi connectivity index (χ3v) is 4.25. The average Bonchev–Trinajstić information content (AvgIpc) is 2.92. The molecule has 6 heteroatoms. The van der Waals surface area contributed by atoms with Gasteiger partial charge in [-0.15, -0.1) is 11.3 Å². The molecule has 1 amide bonds. The van der Waals surface area contributed by atoms with Crippen LogP contribution in [0.4, 0.5) is 5.69 Å². The minimum atomic E-state index is -0.459. The van der Waals surface area contributed by atoms with E-state index >= 15 is 0 Å². The highest BCUT2D eigenvalue weighted by molar-refractivity contribution is 9.11. The number of rotatable bonds is 5. The van der Waals surface area contributed by atoms with Crippen molar-refractivity contribution < 1.29 is 9.53 Å². The summed E-state index contributed by atoms with van der Waals surface area (Å²) in [7, 11) is 0. The quantitative estimate of drug-likeness (QED) is 0.618. The number of nitriles is 1. The van der Waals surface area contributed by atoms with Crippen molar-refractivity contribution in [2.75, 3.05) is 11.9 Å². The first kappa shape index (κ1) is 16.3. The van der Waals surface area contributed by atoms with Crippen molar-refractivity contribution in [3.05, 3.63) is 50.6 Å². The predicted octanol–water partition coefficient (Wildman–Crippen LogP) is 4.45. The fourth-order valence-electron chi connectivity index (χ4n) is 1.74. The molecule has 2 rings (SSSR count). The highest BCUT2D eigenvalue weighted by atomic mass is 79.9. The Morgan fingerprint density at radius 2 is 2.18 bits per heavy atom. The molecule has 1 aromatic heterocycles. The van der Waals surface area contributed by atoms with Crippen LogP contribution in [0.15, 0.2) is 45.8 Å². The summed E-state index contributed by atoms with van der Waals surface area (Å²) in [6, 6.07) is 12.8. The van der Waals surface area contributed by atoms with Gasteiger partial charge in [0.25, 0.3) is 5.91 Å². The first-order valence-electron chi connectivity index (χ1n) is 6.54. The molecule has 0 bridgehead atoms. The first-order valence-corrected chi connectivity index (χ1v) is 8.15. The molecule has 4 nitrogen and oxygen atoms in total. The molecule has 0 aliphatic carbocycles.